The summed E-state index contributed by atoms with van der Waals surface area (Å²) in [4.78, 5) is 19.0. The van der Waals surface area contributed by atoms with Crippen LogP contribution in [0.2, 0.25) is 0 Å². The van der Waals surface area contributed by atoms with Gasteiger partial charge in [-0.05, 0) is 30.3 Å². The molecule has 0 radical (unpaired) electrons. The van der Waals surface area contributed by atoms with Gasteiger partial charge in [0, 0.05) is 18.5 Å². The molecule has 7 heteroatoms. The smallest absolute Gasteiger partial charge is 0.262 e. The van der Waals surface area contributed by atoms with Crippen molar-refractivity contribution in [2.45, 2.75) is 0 Å². The number of benzene rings is 2. The third kappa shape index (κ3) is 4.04. The molecule has 1 N–H and O–H groups in total. The average Bonchev–Trinajstić information content (AvgIpc) is 2.74. The predicted molar refractivity (Wildman–Crippen MR) is 105 cm³/mol. The van der Waals surface area contributed by atoms with Gasteiger partial charge in [-0.25, -0.2) is 9.37 Å². The van der Waals surface area contributed by atoms with Gasteiger partial charge in [0.2, 0.25) is 0 Å². The van der Waals surface area contributed by atoms with E-state index in [0.29, 0.717) is 24.5 Å². The summed E-state index contributed by atoms with van der Waals surface area (Å²) in [5.41, 5.74) is 0.812. The van der Waals surface area contributed by atoms with E-state index in [1.54, 1.807) is 18.2 Å². The van der Waals surface area contributed by atoms with E-state index >= 15 is 0 Å². The molecule has 4 rings (SSSR count). The molecule has 0 spiro atoms. The van der Waals surface area contributed by atoms with Gasteiger partial charge in [0.15, 0.2) is 6.61 Å². The fourth-order valence-corrected chi connectivity index (χ4v) is 3.09. The van der Waals surface area contributed by atoms with Crippen LogP contribution in [0.25, 0.3) is 10.9 Å². The molecular formula is C21H20FN3O3. The van der Waals surface area contributed by atoms with Crippen molar-refractivity contribution in [2.75, 3.05) is 43.1 Å². The van der Waals surface area contributed by atoms with E-state index in [1.165, 1.54) is 12.1 Å². The number of carbonyl (C=O) groups is 1. The van der Waals surface area contributed by atoms with Gasteiger partial charge in [-0.3, -0.25) is 4.79 Å². The standard InChI is InChI=1S/C21H20FN3O3/c22-16-5-1-2-6-17(16)23-20(26)14-28-18-7-3-4-15-8-9-19(24-21(15)18)25-10-12-27-13-11-25/h1-9H,10-14H2,(H,23,26). The molecule has 0 unspecified atom stereocenters. The minimum atomic E-state index is -0.488. The lowest BCUT2D eigenvalue weighted by atomic mass is 10.2. The van der Waals surface area contributed by atoms with E-state index in [9.17, 15) is 9.18 Å². The first-order chi connectivity index (χ1) is 13.7. The van der Waals surface area contributed by atoms with Crippen LogP contribution in [0.15, 0.2) is 54.6 Å². The zero-order chi connectivity index (χ0) is 19.3. The molecule has 1 saturated heterocycles. The van der Waals surface area contributed by atoms with Crippen molar-refractivity contribution in [2.24, 2.45) is 0 Å². The second-order valence-electron chi connectivity index (χ2n) is 6.41. The predicted octanol–water partition coefficient (Wildman–Crippen LogP) is 3.23. The fourth-order valence-electron chi connectivity index (χ4n) is 3.09. The molecule has 0 bridgehead atoms. The quantitative estimate of drug-likeness (QED) is 0.735. The lowest BCUT2D eigenvalue weighted by Gasteiger charge is -2.28. The first kappa shape index (κ1) is 18.2. The van der Waals surface area contributed by atoms with Crippen molar-refractivity contribution in [3.05, 3.63) is 60.4 Å². The molecule has 1 amide bonds. The number of nitrogens with zero attached hydrogens (tertiary/aromatic N) is 2. The highest BCUT2D eigenvalue weighted by atomic mass is 19.1. The number of hydrogen-bond donors (Lipinski definition) is 1. The van der Waals surface area contributed by atoms with E-state index in [4.69, 9.17) is 14.5 Å². The highest BCUT2D eigenvalue weighted by Gasteiger charge is 2.15. The monoisotopic (exact) mass is 381 g/mol. The highest BCUT2D eigenvalue weighted by Crippen LogP contribution is 2.27. The number of nitrogens with one attached hydrogen (secondary N) is 1. The topological polar surface area (TPSA) is 63.7 Å². The summed E-state index contributed by atoms with van der Waals surface area (Å²) in [5, 5.41) is 3.43. The number of hydrogen-bond acceptors (Lipinski definition) is 5. The number of carbonyl (C=O) groups excluding carboxylic acids is 1. The summed E-state index contributed by atoms with van der Waals surface area (Å²) < 4.78 is 24.7. The second-order valence-corrected chi connectivity index (χ2v) is 6.41. The van der Waals surface area contributed by atoms with E-state index in [2.05, 4.69) is 10.2 Å². The number of pyridine rings is 1. The Balaban J connectivity index is 1.49. The minimum absolute atomic E-state index is 0.127. The number of ether oxygens (including phenoxy) is 2. The molecule has 2 heterocycles. The lowest BCUT2D eigenvalue weighted by Crippen LogP contribution is -2.36. The number of para-hydroxylation sites is 2. The highest BCUT2D eigenvalue weighted by molar-refractivity contribution is 5.92. The summed E-state index contributed by atoms with van der Waals surface area (Å²) >= 11 is 0. The summed E-state index contributed by atoms with van der Waals surface area (Å²) in [6, 6.07) is 15.5. The van der Waals surface area contributed by atoms with E-state index in [1.807, 2.05) is 24.3 Å². The van der Waals surface area contributed by atoms with Crippen LogP contribution in [0.5, 0.6) is 5.75 Å². The summed E-state index contributed by atoms with van der Waals surface area (Å²) in [6.45, 7) is 2.68. The van der Waals surface area contributed by atoms with E-state index < -0.39 is 11.7 Å². The van der Waals surface area contributed by atoms with Gasteiger partial charge in [-0.15, -0.1) is 0 Å². The Morgan fingerprint density at radius 3 is 2.75 bits per heavy atom. The zero-order valence-electron chi connectivity index (χ0n) is 15.2. The number of halogens is 1. The zero-order valence-corrected chi connectivity index (χ0v) is 15.2. The van der Waals surface area contributed by atoms with Gasteiger partial charge in [-0.1, -0.05) is 24.3 Å². The first-order valence-electron chi connectivity index (χ1n) is 9.10. The molecule has 1 fully saturated rings. The molecule has 1 aliphatic heterocycles. The number of anilines is 2. The third-order valence-electron chi connectivity index (χ3n) is 4.51. The van der Waals surface area contributed by atoms with Crippen LogP contribution < -0.4 is 15.0 Å². The van der Waals surface area contributed by atoms with E-state index in [0.717, 1.165) is 24.3 Å². The molecule has 1 aromatic heterocycles. The fraction of sp³-hybridized carbons (Fsp3) is 0.238. The van der Waals surface area contributed by atoms with Crippen LogP contribution >= 0.6 is 0 Å². The molecule has 2 aromatic carbocycles. The van der Waals surface area contributed by atoms with Crippen molar-refractivity contribution >= 4 is 28.3 Å². The second kappa shape index (κ2) is 8.22. The molecular weight excluding hydrogens is 361 g/mol. The summed E-state index contributed by atoms with van der Waals surface area (Å²) in [7, 11) is 0. The van der Waals surface area contributed by atoms with Crippen LogP contribution in [-0.4, -0.2) is 43.8 Å². The molecule has 3 aromatic rings. The maximum absolute atomic E-state index is 13.7. The van der Waals surface area contributed by atoms with Crippen LogP contribution in [0.3, 0.4) is 0 Å². The van der Waals surface area contributed by atoms with Crippen LogP contribution in [0.1, 0.15) is 0 Å². The number of aromatic nitrogens is 1. The molecule has 0 saturated carbocycles. The Kier molecular flexibility index (Phi) is 5.34. The van der Waals surface area contributed by atoms with Crippen molar-refractivity contribution < 1.29 is 18.7 Å². The maximum Gasteiger partial charge on any atom is 0.262 e. The number of rotatable bonds is 5. The van der Waals surface area contributed by atoms with Gasteiger partial charge >= 0.3 is 0 Å². The average molecular weight is 381 g/mol. The molecule has 1 aliphatic rings. The molecule has 0 aliphatic carbocycles. The van der Waals surface area contributed by atoms with Gasteiger partial charge in [-0.2, -0.15) is 0 Å². The van der Waals surface area contributed by atoms with Gasteiger partial charge in [0.05, 0.1) is 18.9 Å². The van der Waals surface area contributed by atoms with Gasteiger partial charge in [0.25, 0.3) is 5.91 Å². The SMILES string of the molecule is O=C(COc1cccc2ccc(N3CCOCC3)nc12)Nc1ccccc1F. The van der Waals surface area contributed by atoms with Crippen molar-refractivity contribution in [3.63, 3.8) is 0 Å². The third-order valence-corrected chi connectivity index (χ3v) is 4.51. The van der Waals surface area contributed by atoms with Crippen LogP contribution in [-0.2, 0) is 9.53 Å². The van der Waals surface area contributed by atoms with Crippen molar-refractivity contribution in [1.29, 1.82) is 0 Å². The first-order valence-corrected chi connectivity index (χ1v) is 9.10. The van der Waals surface area contributed by atoms with Crippen molar-refractivity contribution in [1.82, 2.24) is 4.98 Å². The normalized spacial score (nSPS) is 14.1. The number of fused-ring (bicyclic) bond motifs is 1. The lowest BCUT2D eigenvalue weighted by molar-refractivity contribution is -0.118. The largest absolute Gasteiger partial charge is 0.481 e. The van der Waals surface area contributed by atoms with Gasteiger partial charge < -0.3 is 19.7 Å². The number of morpholine rings is 1. The van der Waals surface area contributed by atoms with Crippen LogP contribution in [0.4, 0.5) is 15.9 Å². The molecule has 0 atom stereocenters. The maximum atomic E-state index is 13.7. The Labute approximate surface area is 161 Å². The van der Waals surface area contributed by atoms with Gasteiger partial charge in [0.1, 0.15) is 22.9 Å². The Hall–Kier alpha value is -3.19. The van der Waals surface area contributed by atoms with Crippen molar-refractivity contribution in [3.8, 4) is 5.75 Å². The number of amides is 1. The summed E-state index contributed by atoms with van der Waals surface area (Å²) in [5.74, 6) is 0.434. The molecule has 6 nitrogen and oxygen atoms in total. The van der Waals surface area contributed by atoms with Crippen LogP contribution in [0, 0.1) is 5.82 Å². The minimum Gasteiger partial charge on any atom is -0.481 e. The van der Waals surface area contributed by atoms with E-state index in [-0.39, 0.29) is 12.3 Å². The Morgan fingerprint density at radius 2 is 1.93 bits per heavy atom. The molecule has 28 heavy (non-hydrogen) atoms. The summed E-state index contributed by atoms with van der Waals surface area (Å²) in [6.07, 6.45) is 0. The Bertz CT molecular complexity index is 990. The molecule has 144 valence electrons. The Morgan fingerprint density at radius 1 is 1.11 bits per heavy atom.